The van der Waals surface area contributed by atoms with Gasteiger partial charge in [0, 0.05) is 20.1 Å². The van der Waals surface area contributed by atoms with E-state index >= 15 is 0 Å². The summed E-state index contributed by atoms with van der Waals surface area (Å²) in [7, 11) is 1.60. The first-order chi connectivity index (χ1) is 10.8. The van der Waals surface area contributed by atoms with Gasteiger partial charge in [-0.1, -0.05) is 0 Å². The van der Waals surface area contributed by atoms with Gasteiger partial charge in [0.25, 0.3) is 0 Å². The van der Waals surface area contributed by atoms with Gasteiger partial charge in [-0.05, 0) is 24.3 Å². The highest BCUT2D eigenvalue weighted by Crippen LogP contribution is 2.29. The van der Waals surface area contributed by atoms with Crippen LogP contribution in [0.15, 0.2) is 36.7 Å². The number of nitrogens with two attached hydrogens (primary N) is 1. The maximum Gasteiger partial charge on any atom is 0.416 e. The van der Waals surface area contributed by atoms with Gasteiger partial charge >= 0.3 is 12.2 Å². The third kappa shape index (κ3) is 4.22. The van der Waals surface area contributed by atoms with Gasteiger partial charge in [0.2, 0.25) is 0 Å². The molecule has 2 aromatic rings. The molecule has 0 unspecified atom stereocenters. The smallest absolute Gasteiger partial charge is 0.329 e. The van der Waals surface area contributed by atoms with Gasteiger partial charge in [0.15, 0.2) is 0 Å². The number of aromatic nitrogens is 2. The second-order valence-electron chi connectivity index (χ2n) is 4.86. The molecule has 2 amide bonds. The lowest BCUT2D eigenvalue weighted by molar-refractivity contribution is -0.137. The number of urea groups is 1. The minimum atomic E-state index is -4.38. The highest BCUT2D eigenvalue weighted by atomic mass is 19.4. The molecule has 124 valence electrons. The molecule has 0 aliphatic rings. The molecule has 0 aliphatic carbocycles. The van der Waals surface area contributed by atoms with Gasteiger partial charge in [0.05, 0.1) is 29.3 Å². The zero-order chi connectivity index (χ0) is 17.0. The first-order valence-electron chi connectivity index (χ1n) is 6.76. The summed E-state index contributed by atoms with van der Waals surface area (Å²) in [5.41, 5.74) is 5.52. The lowest BCUT2D eigenvalue weighted by Gasteiger charge is -2.15. The molecule has 2 rings (SSSR count). The van der Waals surface area contributed by atoms with Crippen LogP contribution in [0, 0.1) is 0 Å². The Morgan fingerprint density at radius 2 is 2.00 bits per heavy atom. The van der Waals surface area contributed by atoms with Crippen LogP contribution >= 0.6 is 0 Å². The number of hydrogen-bond donors (Lipinski definition) is 2. The lowest BCUT2D eigenvalue weighted by atomic mass is 10.2. The van der Waals surface area contributed by atoms with Gasteiger partial charge in [-0.15, -0.1) is 0 Å². The Hall–Kier alpha value is -2.55. The third-order valence-corrected chi connectivity index (χ3v) is 3.10. The number of benzene rings is 1. The molecule has 23 heavy (non-hydrogen) atoms. The molecule has 0 saturated carbocycles. The van der Waals surface area contributed by atoms with E-state index in [1.807, 2.05) is 0 Å². The van der Waals surface area contributed by atoms with Crippen molar-refractivity contribution >= 4 is 11.7 Å². The summed E-state index contributed by atoms with van der Waals surface area (Å²) < 4.78 is 38.9. The van der Waals surface area contributed by atoms with E-state index < -0.39 is 11.7 Å². The van der Waals surface area contributed by atoms with Crippen LogP contribution in [0.1, 0.15) is 5.56 Å². The molecule has 0 fully saturated rings. The minimum Gasteiger partial charge on any atom is -0.329 e. The van der Waals surface area contributed by atoms with Crippen molar-refractivity contribution in [3.63, 3.8) is 0 Å². The number of rotatable bonds is 4. The van der Waals surface area contributed by atoms with E-state index in [1.54, 1.807) is 7.05 Å². The molecule has 0 spiro atoms. The van der Waals surface area contributed by atoms with Crippen molar-refractivity contribution < 1.29 is 18.0 Å². The fourth-order valence-corrected chi connectivity index (χ4v) is 1.85. The Bertz CT molecular complexity index is 666. The van der Waals surface area contributed by atoms with E-state index in [9.17, 15) is 18.0 Å². The topological polar surface area (TPSA) is 76.2 Å². The molecule has 6 nitrogen and oxygen atoms in total. The highest BCUT2D eigenvalue weighted by molar-refractivity contribution is 5.88. The van der Waals surface area contributed by atoms with Gasteiger partial charge < -0.3 is 16.0 Å². The predicted octanol–water partition coefficient (Wildman–Crippen LogP) is 2.31. The summed E-state index contributed by atoms with van der Waals surface area (Å²) in [6, 6.07) is 4.22. The summed E-state index contributed by atoms with van der Waals surface area (Å²) in [5, 5.41) is 6.63. The van der Waals surface area contributed by atoms with Crippen molar-refractivity contribution in [2.24, 2.45) is 5.73 Å². The van der Waals surface area contributed by atoms with Crippen molar-refractivity contribution in [1.29, 1.82) is 0 Å². The highest BCUT2D eigenvalue weighted by Gasteiger charge is 2.30. The number of anilines is 1. The number of hydrogen-bond acceptors (Lipinski definition) is 3. The number of carbonyl (C=O) groups excluding carboxylic acids is 1. The van der Waals surface area contributed by atoms with E-state index in [0.717, 1.165) is 12.1 Å². The quantitative estimate of drug-likeness (QED) is 0.905. The maximum atomic E-state index is 12.5. The average Bonchev–Trinajstić information content (AvgIpc) is 2.95. The Labute approximate surface area is 130 Å². The Kier molecular flexibility index (Phi) is 4.89. The van der Waals surface area contributed by atoms with Crippen molar-refractivity contribution in [2.45, 2.75) is 6.18 Å². The van der Waals surface area contributed by atoms with Crippen molar-refractivity contribution in [2.75, 3.05) is 25.5 Å². The van der Waals surface area contributed by atoms with Crippen molar-refractivity contribution in [1.82, 2.24) is 14.7 Å². The van der Waals surface area contributed by atoms with Crippen molar-refractivity contribution in [3.8, 4) is 5.69 Å². The zero-order valence-electron chi connectivity index (χ0n) is 12.3. The Morgan fingerprint density at radius 1 is 1.35 bits per heavy atom. The van der Waals surface area contributed by atoms with Gasteiger partial charge in [0.1, 0.15) is 0 Å². The molecule has 1 aromatic carbocycles. The van der Waals surface area contributed by atoms with E-state index in [0.29, 0.717) is 24.5 Å². The van der Waals surface area contributed by atoms with Crippen LogP contribution in [0.3, 0.4) is 0 Å². The summed E-state index contributed by atoms with van der Waals surface area (Å²) in [6.45, 7) is 0.744. The van der Waals surface area contributed by atoms with Crippen molar-refractivity contribution in [3.05, 3.63) is 42.2 Å². The van der Waals surface area contributed by atoms with Gasteiger partial charge in [-0.25, -0.2) is 9.48 Å². The molecule has 0 radical (unpaired) electrons. The monoisotopic (exact) mass is 327 g/mol. The van der Waals surface area contributed by atoms with Crippen LogP contribution < -0.4 is 11.1 Å². The standard InChI is InChI=1S/C14H16F3N5O/c1-21(7-6-18)13(23)20-11-8-19-22(9-11)12-4-2-10(3-5-12)14(15,16)17/h2-5,8-9H,6-7,18H2,1H3,(H,20,23). The molecule has 0 bridgehead atoms. The third-order valence-electron chi connectivity index (χ3n) is 3.10. The summed E-state index contributed by atoms with van der Waals surface area (Å²) in [5.74, 6) is 0. The largest absolute Gasteiger partial charge is 0.416 e. The number of nitrogens with zero attached hydrogens (tertiary/aromatic N) is 3. The SMILES string of the molecule is CN(CCN)C(=O)Nc1cnn(-c2ccc(C(F)(F)F)cc2)c1. The van der Waals surface area contributed by atoms with Crippen LogP contribution in [-0.2, 0) is 6.18 Å². The Balaban J connectivity index is 2.09. The zero-order valence-corrected chi connectivity index (χ0v) is 12.3. The van der Waals surface area contributed by atoms with E-state index in [4.69, 9.17) is 5.73 Å². The fourth-order valence-electron chi connectivity index (χ4n) is 1.85. The second kappa shape index (κ2) is 6.69. The first kappa shape index (κ1) is 16.8. The van der Waals surface area contributed by atoms with E-state index in [2.05, 4.69) is 10.4 Å². The predicted molar refractivity (Wildman–Crippen MR) is 79.3 cm³/mol. The van der Waals surface area contributed by atoms with Crippen LogP contribution in [-0.4, -0.2) is 40.8 Å². The number of halogens is 3. The van der Waals surface area contributed by atoms with Gasteiger partial charge in [-0.2, -0.15) is 18.3 Å². The number of nitrogens with one attached hydrogen (secondary N) is 1. The fraction of sp³-hybridized carbons (Fsp3) is 0.286. The number of amides is 2. The average molecular weight is 327 g/mol. The molecule has 9 heteroatoms. The summed E-state index contributed by atoms with van der Waals surface area (Å²) >= 11 is 0. The summed E-state index contributed by atoms with van der Waals surface area (Å²) in [6.07, 6.45) is -1.46. The number of likely N-dealkylation sites (N-methyl/N-ethyl adjacent to an activating group) is 1. The molecule has 1 heterocycles. The molecule has 0 saturated heterocycles. The van der Waals surface area contributed by atoms with Crippen LogP contribution in [0.4, 0.5) is 23.7 Å². The van der Waals surface area contributed by atoms with Gasteiger partial charge in [-0.3, -0.25) is 0 Å². The molecular formula is C14H16F3N5O. The number of alkyl halides is 3. The maximum absolute atomic E-state index is 12.5. The molecule has 0 aliphatic heterocycles. The molecule has 0 atom stereocenters. The normalized spacial score (nSPS) is 11.3. The van der Waals surface area contributed by atoms with Crippen LogP contribution in [0.25, 0.3) is 5.69 Å². The van der Waals surface area contributed by atoms with Crippen LogP contribution in [0.2, 0.25) is 0 Å². The molecule has 3 N–H and O–H groups in total. The van der Waals surface area contributed by atoms with E-state index in [-0.39, 0.29) is 6.03 Å². The molecular weight excluding hydrogens is 311 g/mol. The molecule has 1 aromatic heterocycles. The van der Waals surface area contributed by atoms with E-state index in [1.165, 1.54) is 34.1 Å². The minimum absolute atomic E-state index is 0.342. The second-order valence-corrected chi connectivity index (χ2v) is 4.86. The lowest BCUT2D eigenvalue weighted by Crippen LogP contribution is -2.35. The Morgan fingerprint density at radius 3 is 2.57 bits per heavy atom. The number of carbonyl (C=O) groups is 1. The summed E-state index contributed by atoms with van der Waals surface area (Å²) in [4.78, 5) is 13.2. The first-order valence-corrected chi connectivity index (χ1v) is 6.76. The van der Waals surface area contributed by atoms with Crippen LogP contribution in [0.5, 0.6) is 0 Å².